The Bertz CT molecular complexity index is 762. The van der Waals surface area contributed by atoms with E-state index in [4.69, 9.17) is 4.74 Å². The molecule has 0 bridgehead atoms. The van der Waals surface area contributed by atoms with Crippen LogP contribution >= 0.6 is 11.3 Å². The van der Waals surface area contributed by atoms with E-state index in [0.29, 0.717) is 26.1 Å². The fourth-order valence-electron chi connectivity index (χ4n) is 3.54. The molecule has 0 N–H and O–H groups in total. The maximum atomic E-state index is 12.5. The molecule has 1 spiro atoms. The van der Waals surface area contributed by atoms with Crippen LogP contribution in [-0.2, 0) is 20.7 Å². The van der Waals surface area contributed by atoms with E-state index in [1.54, 1.807) is 16.2 Å². The lowest BCUT2D eigenvalue weighted by atomic mass is 10.00. The number of thiophene rings is 1. The molecule has 1 aromatic heterocycles. The highest BCUT2D eigenvalue weighted by Crippen LogP contribution is 2.32. The predicted molar refractivity (Wildman–Crippen MR) is 96.7 cm³/mol. The molecule has 6 heteroatoms. The Labute approximate surface area is 150 Å². The minimum Gasteiger partial charge on any atom is -0.361 e. The first-order chi connectivity index (χ1) is 12.2. The van der Waals surface area contributed by atoms with Gasteiger partial charge in [-0.1, -0.05) is 18.2 Å². The number of nitrogens with zero attached hydrogens (tertiary/aromatic N) is 2. The Morgan fingerprint density at radius 2 is 2.04 bits per heavy atom. The van der Waals surface area contributed by atoms with Crippen LogP contribution < -0.4 is 4.90 Å². The molecule has 25 heavy (non-hydrogen) atoms. The molecule has 0 saturated carbocycles. The van der Waals surface area contributed by atoms with E-state index in [1.807, 2.05) is 52.1 Å². The first kappa shape index (κ1) is 16.3. The van der Waals surface area contributed by atoms with Crippen molar-refractivity contribution in [3.05, 3.63) is 52.7 Å². The predicted octanol–water partition coefficient (Wildman–Crippen LogP) is 2.33. The van der Waals surface area contributed by atoms with Crippen LogP contribution in [0.15, 0.2) is 47.2 Å². The van der Waals surface area contributed by atoms with E-state index in [1.165, 1.54) is 0 Å². The van der Waals surface area contributed by atoms with Crippen LogP contribution in [0.4, 0.5) is 5.69 Å². The van der Waals surface area contributed by atoms with Crippen molar-refractivity contribution < 1.29 is 14.3 Å². The van der Waals surface area contributed by atoms with E-state index >= 15 is 0 Å². The quantitative estimate of drug-likeness (QED) is 0.848. The average molecular weight is 356 g/mol. The highest BCUT2D eigenvalue weighted by Gasteiger charge is 2.46. The van der Waals surface area contributed by atoms with Crippen LogP contribution in [0.2, 0.25) is 0 Å². The second kappa shape index (κ2) is 6.61. The molecule has 1 atom stereocenters. The molecular weight excluding hydrogens is 336 g/mol. The van der Waals surface area contributed by atoms with Gasteiger partial charge in [0.25, 0.3) is 5.91 Å². The number of rotatable bonds is 3. The van der Waals surface area contributed by atoms with E-state index in [2.05, 4.69) is 0 Å². The monoisotopic (exact) mass is 356 g/mol. The third-order valence-corrected chi connectivity index (χ3v) is 5.65. The molecule has 2 aromatic rings. The van der Waals surface area contributed by atoms with Crippen molar-refractivity contribution in [2.24, 2.45) is 0 Å². The van der Waals surface area contributed by atoms with Gasteiger partial charge in [0.15, 0.2) is 0 Å². The summed E-state index contributed by atoms with van der Waals surface area (Å²) in [5.41, 5.74) is 1.49. The number of hydrogen-bond acceptors (Lipinski definition) is 4. The van der Waals surface area contributed by atoms with Crippen LogP contribution in [0.5, 0.6) is 0 Å². The van der Waals surface area contributed by atoms with Gasteiger partial charge < -0.3 is 14.5 Å². The molecule has 2 saturated heterocycles. The number of carbonyl (C=O) groups is 2. The van der Waals surface area contributed by atoms with E-state index in [9.17, 15) is 9.59 Å². The molecular formula is C19H20N2O3S. The Morgan fingerprint density at radius 3 is 2.80 bits per heavy atom. The maximum Gasteiger partial charge on any atom is 0.253 e. The molecule has 0 radical (unpaired) electrons. The summed E-state index contributed by atoms with van der Waals surface area (Å²) in [5.74, 6) is 0.0990. The zero-order valence-corrected chi connectivity index (χ0v) is 14.7. The third-order valence-electron chi connectivity index (χ3n) is 4.92. The lowest BCUT2D eigenvalue weighted by Crippen LogP contribution is -2.56. The van der Waals surface area contributed by atoms with E-state index < -0.39 is 5.60 Å². The zero-order valence-electron chi connectivity index (χ0n) is 13.9. The normalized spacial score (nSPS) is 23.4. The number of anilines is 1. The maximum absolute atomic E-state index is 12.5. The Kier molecular flexibility index (Phi) is 4.31. The first-order valence-electron chi connectivity index (χ1n) is 8.43. The number of carbonyl (C=O) groups excluding carboxylic acids is 2. The molecule has 1 aromatic carbocycles. The number of amides is 2. The van der Waals surface area contributed by atoms with Gasteiger partial charge in [0, 0.05) is 12.2 Å². The number of hydrogen-bond donors (Lipinski definition) is 0. The lowest BCUT2D eigenvalue weighted by Gasteiger charge is -2.40. The van der Waals surface area contributed by atoms with Crippen LogP contribution in [-0.4, -0.2) is 48.6 Å². The van der Waals surface area contributed by atoms with Crippen molar-refractivity contribution >= 4 is 28.8 Å². The number of benzene rings is 1. The minimum absolute atomic E-state index is 0.0279. The SMILES string of the molecule is O=C(Cc1ccsc1)N1CCC2(C1)CN(c1ccccc1)C(=O)CO2. The fourth-order valence-corrected chi connectivity index (χ4v) is 4.21. The fraction of sp³-hybridized carbons (Fsp3) is 0.368. The molecule has 2 fully saturated rings. The summed E-state index contributed by atoms with van der Waals surface area (Å²) in [5, 5.41) is 4.00. The van der Waals surface area contributed by atoms with Crippen LogP contribution in [0.1, 0.15) is 12.0 Å². The van der Waals surface area contributed by atoms with Gasteiger partial charge in [-0.15, -0.1) is 0 Å². The molecule has 4 rings (SSSR count). The Balaban J connectivity index is 1.46. The van der Waals surface area contributed by atoms with Gasteiger partial charge in [-0.25, -0.2) is 0 Å². The minimum atomic E-state index is -0.450. The number of para-hydroxylation sites is 1. The average Bonchev–Trinajstić information content (AvgIpc) is 3.28. The van der Waals surface area contributed by atoms with Crippen LogP contribution in [0.3, 0.4) is 0 Å². The van der Waals surface area contributed by atoms with E-state index in [0.717, 1.165) is 17.7 Å². The second-order valence-corrected chi connectivity index (χ2v) is 7.44. The summed E-state index contributed by atoms with van der Waals surface area (Å²) >= 11 is 1.60. The van der Waals surface area contributed by atoms with Gasteiger partial charge in [0.05, 0.1) is 19.5 Å². The molecule has 2 amide bonds. The molecule has 1 unspecified atom stereocenters. The topological polar surface area (TPSA) is 49.9 Å². The molecule has 3 heterocycles. The number of likely N-dealkylation sites (tertiary alicyclic amines) is 1. The number of morpholine rings is 1. The van der Waals surface area contributed by atoms with Crippen molar-refractivity contribution in [1.29, 1.82) is 0 Å². The van der Waals surface area contributed by atoms with Crippen LogP contribution in [0, 0.1) is 0 Å². The zero-order chi connectivity index (χ0) is 17.3. The van der Waals surface area contributed by atoms with Gasteiger partial charge >= 0.3 is 0 Å². The third kappa shape index (κ3) is 3.32. The molecule has 2 aliphatic heterocycles. The smallest absolute Gasteiger partial charge is 0.253 e. The van der Waals surface area contributed by atoms with Gasteiger partial charge in [-0.05, 0) is 40.9 Å². The molecule has 2 aliphatic rings. The molecule has 5 nitrogen and oxygen atoms in total. The highest BCUT2D eigenvalue weighted by atomic mass is 32.1. The van der Waals surface area contributed by atoms with Gasteiger partial charge in [-0.2, -0.15) is 11.3 Å². The summed E-state index contributed by atoms with van der Waals surface area (Å²) in [6.45, 7) is 1.80. The van der Waals surface area contributed by atoms with Crippen molar-refractivity contribution in [3.8, 4) is 0 Å². The summed E-state index contributed by atoms with van der Waals surface area (Å²) in [4.78, 5) is 28.5. The molecule has 130 valence electrons. The summed E-state index contributed by atoms with van der Waals surface area (Å²) in [6, 6.07) is 11.6. The van der Waals surface area contributed by atoms with Crippen molar-refractivity contribution in [3.63, 3.8) is 0 Å². The first-order valence-corrected chi connectivity index (χ1v) is 9.38. The highest BCUT2D eigenvalue weighted by molar-refractivity contribution is 7.08. The summed E-state index contributed by atoms with van der Waals surface area (Å²) in [7, 11) is 0. The summed E-state index contributed by atoms with van der Waals surface area (Å²) < 4.78 is 5.92. The van der Waals surface area contributed by atoms with Crippen molar-refractivity contribution in [2.45, 2.75) is 18.4 Å². The Morgan fingerprint density at radius 1 is 1.20 bits per heavy atom. The largest absolute Gasteiger partial charge is 0.361 e. The lowest BCUT2D eigenvalue weighted by molar-refractivity contribution is -0.139. The second-order valence-electron chi connectivity index (χ2n) is 6.66. The summed E-state index contributed by atoms with van der Waals surface area (Å²) in [6.07, 6.45) is 1.19. The van der Waals surface area contributed by atoms with Gasteiger partial charge in [0.1, 0.15) is 12.2 Å². The standard InChI is InChI=1S/C19H20N2O3S/c22-17(10-15-6-9-25-12-15)20-8-7-19(13-20)14-21(18(23)11-24-19)16-4-2-1-3-5-16/h1-6,9,12H,7-8,10-11,13-14H2. The van der Waals surface area contributed by atoms with E-state index in [-0.39, 0.29) is 18.4 Å². The van der Waals surface area contributed by atoms with Crippen molar-refractivity contribution in [1.82, 2.24) is 4.90 Å². The van der Waals surface area contributed by atoms with Gasteiger partial charge in [-0.3, -0.25) is 9.59 Å². The van der Waals surface area contributed by atoms with Crippen molar-refractivity contribution in [2.75, 3.05) is 31.1 Å². The number of ether oxygens (including phenoxy) is 1. The molecule has 0 aliphatic carbocycles. The van der Waals surface area contributed by atoms with Crippen LogP contribution in [0.25, 0.3) is 0 Å². The Hall–Kier alpha value is -2.18. The van der Waals surface area contributed by atoms with Gasteiger partial charge in [0.2, 0.25) is 5.91 Å².